The number of β-amino-alcohol motifs (C(OH)–C–C–N with tert-alkyl or cyclic N) is 1. The molecule has 0 unspecified atom stereocenters. The first-order chi connectivity index (χ1) is 10.2. The third-order valence-corrected chi connectivity index (χ3v) is 4.85. The van der Waals surface area contributed by atoms with Gasteiger partial charge in [0, 0.05) is 50.4 Å². The number of ether oxygens (including phenoxy) is 1. The zero-order valence-corrected chi connectivity index (χ0v) is 12.8. The number of likely N-dealkylation sites (tertiary alicyclic amines) is 1. The molecule has 2 aliphatic heterocycles. The van der Waals surface area contributed by atoms with Gasteiger partial charge in [0.25, 0.3) is 0 Å². The molecule has 0 bridgehead atoms. The molecule has 0 atom stereocenters. The van der Waals surface area contributed by atoms with E-state index in [0.29, 0.717) is 19.1 Å². The summed E-state index contributed by atoms with van der Waals surface area (Å²) < 4.78 is 5.35. The number of piperidine rings is 1. The van der Waals surface area contributed by atoms with Gasteiger partial charge < -0.3 is 14.7 Å². The van der Waals surface area contributed by atoms with Crippen LogP contribution in [0.25, 0.3) is 0 Å². The van der Waals surface area contributed by atoms with Gasteiger partial charge in [0.2, 0.25) is 0 Å². The zero-order valence-electron chi connectivity index (χ0n) is 12.8. The van der Waals surface area contributed by atoms with E-state index in [1.54, 1.807) is 6.33 Å². The predicted octanol–water partition coefficient (Wildman–Crippen LogP) is 1.51. The monoisotopic (exact) mass is 291 g/mol. The van der Waals surface area contributed by atoms with Gasteiger partial charge in [-0.2, -0.15) is 0 Å². The van der Waals surface area contributed by atoms with Gasteiger partial charge in [0.1, 0.15) is 6.33 Å². The van der Waals surface area contributed by atoms with Crippen LogP contribution in [0.5, 0.6) is 0 Å². The largest absolute Gasteiger partial charge is 0.388 e. The molecule has 1 aromatic rings. The number of aliphatic hydroxyl groups is 1. The normalized spacial score (nSPS) is 24.1. The Morgan fingerprint density at radius 2 is 2.05 bits per heavy atom. The number of hydrogen-bond acceptors (Lipinski definition) is 5. The summed E-state index contributed by atoms with van der Waals surface area (Å²) in [4.78, 5) is 10.9. The molecule has 5 nitrogen and oxygen atoms in total. The first-order valence-electron chi connectivity index (χ1n) is 7.95. The van der Waals surface area contributed by atoms with Crippen LogP contribution < -0.4 is 0 Å². The summed E-state index contributed by atoms with van der Waals surface area (Å²) in [7, 11) is 0. The van der Waals surface area contributed by atoms with Crippen LogP contribution in [0.2, 0.25) is 0 Å². The maximum absolute atomic E-state index is 10.6. The number of aromatic nitrogens is 2. The molecule has 21 heavy (non-hydrogen) atoms. The second kappa shape index (κ2) is 6.38. The molecular weight excluding hydrogens is 266 g/mol. The molecule has 0 radical (unpaired) electrons. The fraction of sp³-hybridized carbons (Fsp3) is 0.750. The van der Waals surface area contributed by atoms with Crippen LogP contribution in [0.4, 0.5) is 0 Å². The zero-order chi connectivity index (χ0) is 14.7. The van der Waals surface area contributed by atoms with Crippen LogP contribution in [0.3, 0.4) is 0 Å². The Balaban J connectivity index is 1.54. The molecule has 1 aromatic heterocycles. The van der Waals surface area contributed by atoms with E-state index in [2.05, 4.69) is 21.8 Å². The van der Waals surface area contributed by atoms with Gasteiger partial charge in [-0.1, -0.05) is 0 Å². The Morgan fingerprint density at radius 1 is 1.33 bits per heavy atom. The lowest BCUT2D eigenvalue weighted by atomic mass is 9.89. The van der Waals surface area contributed by atoms with Crippen LogP contribution in [0, 0.1) is 6.92 Å². The summed E-state index contributed by atoms with van der Waals surface area (Å²) in [5.41, 5.74) is 1.85. The number of aryl methyl sites for hydroxylation is 1. The Hall–Kier alpha value is -1.04. The van der Waals surface area contributed by atoms with Crippen molar-refractivity contribution in [1.29, 1.82) is 0 Å². The van der Waals surface area contributed by atoms with Crippen LogP contribution >= 0.6 is 0 Å². The molecule has 3 heterocycles. The summed E-state index contributed by atoms with van der Waals surface area (Å²) >= 11 is 0. The smallest absolute Gasteiger partial charge is 0.115 e. The topological polar surface area (TPSA) is 58.5 Å². The van der Waals surface area contributed by atoms with Crippen molar-refractivity contribution in [3.05, 3.63) is 23.8 Å². The molecule has 1 N–H and O–H groups in total. The van der Waals surface area contributed by atoms with E-state index >= 15 is 0 Å². The molecule has 5 heteroatoms. The molecule has 0 saturated carbocycles. The molecule has 2 saturated heterocycles. The Bertz CT molecular complexity index is 466. The Morgan fingerprint density at radius 3 is 2.71 bits per heavy atom. The fourth-order valence-electron chi connectivity index (χ4n) is 3.53. The van der Waals surface area contributed by atoms with E-state index in [4.69, 9.17) is 4.74 Å². The van der Waals surface area contributed by atoms with E-state index in [9.17, 15) is 5.11 Å². The van der Waals surface area contributed by atoms with Crippen LogP contribution in [0.15, 0.2) is 12.5 Å². The van der Waals surface area contributed by atoms with Crippen molar-refractivity contribution < 1.29 is 9.84 Å². The van der Waals surface area contributed by atoms with Crippen molar-refractivity contribution in [1.82, 2.24) is 14.9 Å². The van der Waals surface area contributed by atoms with Crippen molar-refractivity contribution in [2.24, 2.45) is 0 Å². The SMILES string of the molecule is Cc1cncnc1C1CCN(CC2(O)CCOCC2)CC1. The van der Waals surface area contributed by atoms with Crippen molar-refractivity contribution in [2.75, 3.05) is 32.8 Å². The average molecular weight is 291 g/mol. The quantitative estimate of drug-likeness (QED) is 0.914. The lowest BCUT2D eigenvalue weighted by molar-refractivity contribution is -0.0821. The molecule has 116 valence electrons. The first-order valence-corrected chi connectivity index (χ1v) is 7.95. The van der Waals surface area contributed by atoms with Crippen molar-refractivity contribution >= 4 is 0 Å². The van der Waals surface area contributed by atoms with Gasteiger partial charge in [0.05, 0.1) is 5.60 Å². The molecule has 0 spiro atoms. The van der Waals surface area contributed by atoms with Gasteiger partial charge in [-0.25, -0.2) is 9.97 Å². The summed E-state index contributed by atoms with van der Waals surface area (Å²) in [5.74, 6) is 0.536. The Kier molecular flexibility index (Phi) is 4.52. The molecule has 0 aromatic carbocycles. The first kappa shape index (κ1) is 14.9. The van der Waals surface area contributed by atoms with E-state index in [1.165, 1.54) is 11.3 Å². The van der Waals surface area contributed by atoms with Crippen molar-refractivity contribution in [2.45, 2.75) is 44.1 Å². The molecule has 3 rings (SSSR count). The van der Waals surface area contributed by atoms with Gasteiger partial charge in [-0.15, -0.1) is 0 Å². The molecule has 0 aliphatic carbocycles. The fourth-order valence-corrected chi connectivity index (χ4v) is 3.53. The van der Waals surface area contributed by atoms with Gasteiger partial charge in [-0.05, 0) is 38.4 Å². The number of hydrogen-bond donors (Lipinski definition) is 1. The summed E-state index contributed by atoms with van der Waals surface area (Å²) in [6.45, 7) is 6.33. The van der Waals surface area contributed by atoms with Gasteiger partial charge >= 0.3 is 0 Å². The highest BCUT2D eigenvalue weighted by molar-refractivity contribution is 5.18. The summed E-state index contributed by atoms with van der Waals surface area (Å²) in [5, 5.41) is 10.6. The van der Waals surface area contributed by atoms with Crippen molar-refractivity contribution in [3.8, 4) is 0 Å². The minimum Gasteiger partial charge on any atom is -0.388 e. The van der Waals surface area contributed by atoms with Gasteiger partial charge in [0.15, 0.2) is 0 Å². The van der Waals surface area contributed by atoms with Gasteiger partial charge in [-0.3, -0.25) is 0 Å². The van der Waals surface area contributed by atoms with Crippen LogP contribution in [-0.4, -0.2) is 58.4 Å². The summed E-state index contributed by atoms with van der Waals surface area (Å²) in [6, 6.07) is 0. The third-order valence-electron chi connectivity index (χ3n) is 4.85. The second-order valence-electron chi connectivity index (χ2n) is 6.48. The molecule has 2 fully saturated rings. The highest BCUT2D eigenvalue weighted by Gasteiger charge is 2.33. The second-order valence-corrected chi connectivity index (χ2v) is 6.48. The minimum atomic E-state index is -0.546. The van der Waals surface area contributed by atoms with E-state index < -0.39 is 5.60 Å². The predicted molar refractivity (Wildman–Crippen MR) is 80.2 cm³/mol. The average Bonchev–Trinajstić information content (AvgIpc) is 2.49. The number of rotatable bonds is 3. The standard InChI is InChI=1S/C16H25N3O2/c1-13-10-17-12-18-15(13)14-2-6-19(7-3-14)11-16(20)4-8-21-9-5-16/h10,12,14,20H,2-9,11H2,1H3. The molecule has 2 aliphatic rings. The van der Waals surface area contributed by atoms with Crippen LogP contribution in [-0.2, 0) is 4.74 Å². The van der Waals surface area contributed by atoms with Crippen molar-refractivity contribution in [3.63, 3.8) is 0 Å². The summed E-state index contributed by atoms with van der Waals surface area (Å²) in [6.07, 6.45) is 7.31. The maximum Gasteiger partial charge on any atom is 0.115 e. The highest BCUT2D eigenvalue weighted by atomic mass is 16.5. The highest BCUT2D eigenvalue weighted by Crippen LogP contribution is 2.30. The third kappa shape index (κ3) is 3.59. The van der Waals surface area contributed by atoms with E-state index in [1.807, 2.05) is 6.20 Å². The van der Waals surface area contributed by atoms with E-state index in [-0.39, 0.29) is 0 Å². The van der Waals surface area contributed by atoms with E-state index in [0.717, 1.165) is 45.3 Å². The lowest BCUT2D eigenvalue weighted by Crippen LogP contribution is -2.48. The molecule has 0 amide bonds. The maximum atomic E-state index is 10.6. The van der Waals surface area contributed by atoms with Crippen LogP contribution in [0.1, 0.15) is 42.9 Å². The lowest BCUT2D eigenvalue weighted by Gasteiger charge is -2.39. The number of nitrogens with zero attached hydrogens (tertiary/aromatic N) is 3. The Labute approximate surface area is 126 Å². The minimum absolute atomic E-state index is 0.536. The molecular formula is C16H25N3O2.